The van der Waals surface area contributed by atoms with Crippen molar-refractivity contribution in [2.75, 3.05) is 38.6 Å². The van der Waals surface area contributed by atoms with Gasteiger partial charge in [0.15, 0.2) is 5.13 Å². The third kappa shape index (κ3) is 3.18. The van der Waals surface area contributed by atoms with Crippen molar-refractivity contribution in [3.63, 3.8) is 0 Å². The second-order valence-corrected chi connectivity index (χ2v) is 9.13. The largest absolute Gasteiger partial charge is 0.348 e. The van der Waals surface area contributed by atoms with E-state index in [4.69, 9.17) is 4.98 Å². The minimum atomic E-state index is -0.347. The molecular formula is C22H23FN4OS. The van der Waals surface area contributed by atoms with Crippen molar-refractivity contribution in [3.8, 4) is 0 Å². The first-order valence-electron chi connectivity index (χ1n) is 9.94. The second kappa shape index (κ2) is 7.07. The summed E-state index contributed by atoms with van der Waals surface area (Å²) in [6.45, 7) is 3.10. The highest BCUT2D eigenvalue weighted by Gasteiger charge is 2.23. The lowest BCUT2D eigenvalue weighted by molar-refractivity contribution is 0.285. The van der Waals surface area contributed by atoms with Gasteiger partial charge in [0, 0.05) is 42.0 Å². The Morgan fingerprint density at radius 3 is 2.76 bits per heavy atom. The Labute approximate surface area is 171 Å². The minimum absolute atomic E-state index is 0.195. The van der Waals surface area contributed by atoms with Crippen LogP contribution in [0.15, 0.2) is 35.3 Å². The summed E-state index contributed by atoms with van der Waals surface area (Å²) in [6.07, 6.45) is 3.96. The molecule has 0 amide bonds. The summed E-state index contributed by atoms with van der Waals surface area (Å²) in [7, 11) is 4.25. The summed E-state index contributed by atoms with van der Waals surface area (Å²) in [4.78, 5) is 24.9. The number of aromatic nitrogens is 2. The van der Waals surface area contributed by atoms with E-state index in [9.17, 15) is 9.18 Å². The molecule has 5 nitrogen and oxygen atoms in total. The first kappa shape index (κ1) is 18.5. The average Bonchev–Trinajstić information content (AvgIpc) is 3.14. The van der Waals surface area contributed by atoms with E-state index >= 15 is 0 Å². The highest BCUT2D eigenvalue weighted by atomic mass is 32.1. The van der Waals surface area contributed by atoms with Crippen LogP contribution in [0, 0.1) is 11.7 Å². The number of hydrogen-bond acceptors (Lipinski definition) is 5. The molecule has 2 aromatic carbocycles. The smallest absolute Gasteiger partial charge is 0.256 e. The van der Waals surface area contributed by atoms with Crippen molar-refractivity contribution in [2.24, 2.45) is 5.92 Å². The number of pyridine rings is 1. The normalized spacial score (nSPS) is 15.9. The van der Waals surface area contributed by atoms with Gasteiger partial charge in [-0.3, -0.25) is 4.79 Å². The Morgan fingerprint density at radius 1 is 1.21 bits per heavy atom. The summed E-state index contributed by atoms with van der Waals surface area (Å²) >= 11 is 1.63. The van der Waals surface area contributed by atoms with Gasteiger partial charge in [-0.15, -0.1) is 0 Å². The Hall–Kier alpha value is -2.51. The lowest BCUT2D eigenvalue weighted by Crippen LogP contribution is -2.37. The van der Waals surface area contributed by atoms with Gasteiger partial charge in [0.25, 0.3) is 5.56 Å². The number of piperidine rings is 1. The zero-order valence-corrected chi connectivity index (χ0v) is 17.4. The highest BCUT2D eigenvalue weighted by molar-refractivity contribution is 7.23. The fraction of sp³-hybridized carbons (Fsp3) is 0.364. The van der Waals surface area contributed by atoms with Gasteiger partial charge in [-0.05, 0) is 57.1 Å². The van der Waals surface area contributed by atoms with Crippen molar-refractivity contribution >= 4 is 48.2 Å². The molecule has 1 aliphatic heterocycles. The maximum Gasteiger partial charge on any atom is 0.256 e. The zero-order valence-electron chi connectivity index (χ0n) is 16.5. The summed E-state index contributed by atoms with van der Waals surface area (Å²) < 4.78 is 15.0. The van der Waals surface area contributed by atoms with E-state index in [1.165, 1.54) is 12.1 Å². The third-order valence-corrected chi connectivity index (χ3v) is 6.99. The SMILES string of the molecule is CN(C)CC1CCN(c2nc3c4ccc(F)cc4c4c(=O)[nH]ccc4c3s2)CC1. The topological polar surface area (TPSA) is 52.2 Å². The zero-order chi connectivity index (χ0) is 20.1. The fourth-order valence-electron chi connectivity index (χ4n) is 4.50. The first-order valence-corrected chi connectivity index (χ1v) is 10.8. The molecular weight excluding hydrogens is 387 g/mol. The summed E-state index contributed by atoms with van der Waals surface area (Å²) in [5.74, 6) is 0.374. The Bertz CT molecular complexity index is 1270. The van der Waals surface area contributed by atoms with Crippen LogP contribution >= 0.6 is 11.3 Å². The van der Waals surface area contributed by atoms with E-state index in [0.717, 1.165) is 64.5 Å². The standard InChI is InChI=1S/C22H23FN4OS/c1-26(2)12-13-6-9-27(10-7-13)22-25-19-15-4-3-14(23)11-17(15)18-16(20(19)29-22)5-8-24-21(18)28/h3-5,8,11,13H,6-7,9-10,12H2,1-2H3,(H,24,28). The molecule has 1 fully saturated rings. The molecule has 0 bridgehead atoms. The average molecular weight is 411 g/mol. The van der Waals surface area contributed by atoms with Crippen LogP contribution in [0.1, 0.15) is 12.8 Å². The number of nitrogens with zero attached hydrogens (tertiary/aromatic N) is 3. The van der Waals surface area contributed by atoms with E-state index in [2.05, 4.69) is 28.9 Å². The maximum absolute atomic E-state index is 14.0. The van der Waals surface area contributed by atoms with Gasteiger partial charge in [-0.2, -0.15) is 0 Å². The van der Waals surface area contributed by atoms with E-state index in [1.54, 1.807) is 23.6 Å². The van der Waals surface area contributed by atoms with Gasteiger partial charge < -0.3 is 14.8 Å². The molecule has 0 saturated carbocycles. The highest BCUT2D eigenvalue weighted by Crippen LogP contribution is 2.40. The van der Waals surface area contributed by atoms with E-state index < -0.39 is 0 Å². The summed E-state index contributed by atoms with van der Waals surface area (Å²) in [5.41, 5.74) is 0.660. The third-order valence-electron chi connectivity index (χ3n) is 5.84. The minimum Gasteiger partial charge on any atom is -0.348 e. The first-order chi connectivity index (χ1) is 14.0. The van der Waals surface area contributed by atoms with E-state index in [-0.39, 0.29) is 11.4 Å². The van der Waals surface area contributed by atoms with Gasteiger partial charge >= 0.3 is 0 Å². The fourth-order valence-corrected chi connectivity index (χ4v) is 5.66. The monoisotopic (exact) mass is 410 g/mol. The summed E-state index contributed by atoms with van der Waals surface area (Å²) in [5, 5.41) is 3.82. The predicted molar refractivity (Wildman–Crippen MR) is 119 cm³/mol. The van der Waals surface area contributed by atoms with E-state index in [1.807, 2.05) is 6.07 Å². The number of H-pyrrole nitrogens is 1. The number of aromatic amines is 1. The van der Waals surface area contributed by atoms with Gasteiger partial charge in [-0.25, -0.2) is 9.37 Å². The molecule has 3 heterocycles. The van der Waals surface area contributed by atoms with E-state index in [0.29, 0.717) is 10.8 Å². The molecule has 29 heavy (non-hydrogen) atoms. The van der Waals surface area contributed by atoms with Crippen molar-refractivity contribution < 1.29 is 4.39 Å². The van der Waals surface area contributed by atoms with Crippen LogP contribution in [0.2, 0.25) is 0 Å². The number of thiazole rings is 1. The lowest BCUT2D eigenvalue weighted by Gasteiger charge is -2.32. The molecule has 0 radical (unpaired) electrons. The van der Waals surface area contributed by atoms with Gasteiger partial charge in [0.2, 0.25) is 0 Å². The van der Waals surface area contributed by atoms with Crippen LogP contribution in [0.4, 0.5) is 9.52 Å². The van der Waals surface area contributed by atoms with Crippen LogP contribution < -0.4 is 10.5 Å². The number of hydrogen-bond donors (Lipinski definition) is 1. The molecule has 4 aromatic rings. The number of anilines is 1. The molecule has 7 heteroatoms. The van der Waals surface area contributed by atoms with Crippen LogP contribution in [0.25, 0.3) is 31.8 Å². The van der Waals surface area contributed by atoms with Crippen LogP contribution in [-0.4, -0.2) is 48.6 Å². The van der Waals surface area contributed by atoms with Crippen LogP contribution in [0.3, 0.4) is 0 Å². The van der Waals surface area contributed by atoms with Crippen LogP contribution in [0.5, 0.6) is 0 Å². The molecule has 1 saturated heterocycles. The molecule has 1 aliphatic rings. The van der Waals surface area contributed by atoms with Gasteiger partial charge in [0.05, 0.1) is 15.6 Å². The van der Waals surface area contributed by atoms with Crippen molar-refractivity contribution in [1.29, 1.82) is 0 Å². The molecule has 0 aliphatic carbocycles. The molecule has 1 N–H and O–H groups in total. The number of benzene rings is 2. The van der Waals surface area contributed by atoms with Gasteiger partial charge in [-0.1, -0.05) is 11.3 Å². The molecule has 150 valence electrons. The molecule has 5 rings (SSSR count). The number of halogens is 1. The number of nitrogens with one attached hydrogen (secondary N) is 1. The van der Waals surface area contributed by atoms with Gasteiger partial charge in [0.1, 0.15) is 5.82 Å². The van der Waals surface area contributed by atoms with Crippen LogP contribution in [-0.2, 0) is 0 Å². The predicted octanol–water partition coefficient (Wildman–Crippen LogP) is 4.21. The number of rotatable bonds is 3. The Morgan fingerprint density at radius 2 is 2.00 bits per heavy atom. The molecule has 0 atom stereocenters. The quantitative estimate of drug-likeness (QED) is 0.514. The summed E-state index contributed by atoms with van der Waals surface area (Å²) in [6, 6.07) is 6.52. The second-order valence-electron chi connectivity index (χ2n) is 8.15. The van der Waals surface area contributed by atoms with Crippen molar-refractivity contribution in [2.45, 2.75) is 12.8 Å². The van der Waals surface area contributed by atoms with Crippen molar-refractivity contribution in [3.05, 3.63) is 46.6 Å². The van der Waals surface area contributed by atoms with Crippen molar-refractivity contribution in [1.82, 2.24) is 14.9 Å². The number of fused-ring (bicyclic) bond motifs is 6. The molecule has 2 aromatic heterocycles. The Kier molecular flexibility index (Phi) is 4.52. The maximum atomic E-state index is 14.0. The lowest BCUT2D eigenvalue weighted by atomic mass is 9.97. The molecule has 0 unspecified atom stereocenters. The Balaban J connectivity index is 1.64. The molecule has 0 spiro atoms.